The molecule has 1 fully saturated rings. The molecule has 3 aromatic rings. The van der Waals surface area contributed by atoms with E-state index in [9.17, 15) is 14.9 Å². The molecule has 0 radical (unpaired) electrons. The Labute approximate surface area is 217 Å². The van der Waals surface area contributed by atoms with Gasteiger partial charge in [0.25, 0.3) is 5.91 Å². The normalized spacial score (nSPS) is 21.8. The lowest BCUT2D eigenvalue weighted by Gasteiger charge is -2.34. The van der Waals surface area contributed by atoms with Gasteiger partial charge in [0.15, 0.2) is 5.82 Å². The van der Waals surface area contributed by atoms with Gasteiger partial charge in [0.2, 0.25) is 5.91 Å². The van der Waals surface area contributed by atoms with Crippen molar-refractivity contribution in [3.8, 4) is 6.07 Å². The Morgan fingerprint density at radius 3 is 2.94 bits per heavy atom. The predicted molar refractivity (Wildman–Crippen MR) is 136 cm³/mol. The van der Waals surface area contributed by atoms with Crippen molar-refractivity contribution in [1.82, 2.24) is 36.2 Å². The molecular formula is C24H28N8O2S2. The molecule has 5 rings (SSSR count). The summed E-state index contributed by atoms with van der Waals surface area (Å²) in [6.07, 6.45) is 3.86. The average molecular weight is 525 g/mol. The van der Waals surface area contributed by atoms with E-state index in [1.54, 1.807) is 23.3 Å². The van der Waals surface area contributed by atoms with Crippen LogP contribution in [0.4, 0.5) is 0 Å². The molecule has 2 amide bonds. The number of thiophene rings is 2. The molecule has 3 N–H and O–H groups in total. The van der Waals surface area contributed by atoms with Crippen molar-refractivity contribution in [2.24, 2.45) is 0 Å². The highest BCUT2D eigenvalue weighted by Crippen LogP contribution is 2.49. The molecule has 3 aromatic heterocycles. The van der Waals surface area contributed by atoms with Crippen LogP contribution in [0.2, 0.25) is 0 Å². The fourth-order valence-electron chi connectivity index (χ4n) is 5.49. The summed E-state index contributed by atoms with van der Waals surface area (Å²) in [6.45, 7) is 2.82. The highest BCUT2D eigenvalue weighted by atomic mass is 32.1. The van der Waals surface area contributed by atoms with E-state index in [1.807, 2.05) is 13.0 Å². The summed E-state index contributed by atoms with van der Waals surface area (Å²) < 4.78 is 0. The van der Waals surface area contributed by atoms with Crippen molar-refractivity contribution in [1.29, 1.82) is 5.26 Å². The molecule has 12 heteroatoms. The number of tetrazole rings is 1. The van der Waals surface area contributed by atoms with Gasteiger partial charge in [-0.25, -0.2) is 0 Å². The van der Waals surface area contributed by atoms with Gasteiger partial charge in [-0.15, -0.1) is 32.9 Å². The molecule has 1 aliphatic carbocycles. The summed E-state index contributed by atoms with van der Waals surface area (Å²) in [5.41, 5.74) is 1.42. The quantitative estimate of drug-likeness (QED) is 0.429. The fourth-order valence-corrected chi connectivity index (χ4v) is 7.63. The van der Waals surface area contributed by atoms with Crippen LogP contribution in [-0.2, 0) is 23.1 Å². The van der Waals surface area contributed by atoms with Crippen LogP contribution in [0.1, 0.15) is 62.6 Å². The van der Waals surface area contributed by atoms with Gasteiger partial charge < -0.3 is 15.5 Å². The van der Waals surface area contributed by atoms with Crippen molar-refractivity contribution in [3.05, 3.63) is 49.1 Å². The van der Waals surface area contributed by atoms with Crippen LogP contribution in [-0.4, -0.2) is 69.6 Å². The van der Waals surface area contributed by atoms with Gasteiger partial charge in [0.1, 0.15) is 6.04 Å². The number of hydrogen-bond donors (Lipinski definition) is 3. The number of hydrogen-bond acceptors (Lipinski definition) is 9. The first-order valence-corrected chi connectivity index (χ1v) is 13.8. The molecule has 188 valence electrons. The smallest absolute Gasteiger partial charge is 0.261 e. The zero-order valence-electron chi connectivity index (χ0n) is 20.2. The summed E-state index contributed by atoms with van der Waals surface area (Å²) in [4.78, 5) is 30.2. The number of nitriles is 1. The molecule has 1 saturated heterocycles. The van der Waals surface area contributed by atoms with E-state index in [0.29, 0.717) is 23.7 Å². The van der Waals surface area contributed by atoms with Crippen LogP contribution in [0.15, 0.2) is 17.5 Å². The van der Waals surface area contributed by atoms with E-state index in [-0.39, 0.29) is 30.4 Å². The highest BCUT2D eigenvalue weighted by molar-refractivity contribution is 7.14. The highest BCUT2D eigenvalue weighted by Gasteiger charge is 2.47. The zero-order valence-corrected chi connectivity index (χ0v) is 21.8. The summed E-state index contributed by atoms with van der Waals surface area (Å²) >= 11 is 3.23. The largest absolute Gasteiger partial charge is 0.354 e. The van der Waals surface area contributed by atoms with Gasteiger partial charge in [-0.05, 0) is 67.7 Å². The minimum Gasteiger partial charge on any atom is -0.354 e. The monoisotopic (exact) mass is 524 g/mol. The molecule has 0 spiro atoms. The van der Waals surface area contributed by atoms with E-state index in [2.05, 4.69) is 48.8 Å². The second-order valence-electron chi connectivity index (χ2n) is 9.29. The molecule has 0 saturated carbocycles. The molecule has 0 aromatic carbocycles. The van der Waals surface area contributed by atoms with Gasteiger partial charge in [-0.1, -0.05) is 5.21 Å². The number of carbonyl (C=O) groups excluding carboxylic acids is 2. The molecular weight excluding hydrogens is 496 g/mol. The minimum absolute atomic E-state index is 0.0604. The van der Waals surface area contributed by atoms with Gasteiger partial charge >= 0.3 is 0 Å². The van der Waals surface area contributed by atoms with Crippen molar-refractivity contribution >= 4 is 34.5 Å². The Morgan fingerprint density at radius 2 is 2.19 bits per heavy atom. The zero-order chi connectivity index (χ0) is 25.3. The van der Waals surface area contributed by atoms with Gasteiger partial charge in [-0.3, -0.25) is 9.59 Å². The Balaban J connectivity index is 1.50. The third-order valence-corrected chi connectivity index (χ3v) is 9.34. The number of aryl methyl sites for hydroxylation is 2. The van der Waals surface area contributed by atoms with Gasteiger partial charge in [-0.2, -0.15) is 10.5 Å². The van der Waals surface area contributed by atoms with Crippen LogP contribution < -0.4 is 10.6 Å². The van der Waals surface area contributed by atoms with Crippen LogP contribution >= 0.6 is 22.7 Å². The van der Waals surface area contributed by atoms with E-state index in [0.717, 1.165) is 41.7 Å². The molecule has 0 bridgehead atoms. The first kappa shape index (κ1) is 24.5. The molecule has 4 heterocycles. The van der Waals surface area contributed by atoms with E-state index in [4.69, 9.17) is 0 Å². The Morgan fingerprint density at radius 1 is 1.36 bits per heavy atom. The third kappa shape index (κ3) is 4.21. The molecule has 36 heavy (non-hydrogen) atoms. The fraction of sp³-hybridized carbons (Fsp3) is 0.500. The van der Waals surface area contributed by atoms with Gasteiger partial charge in [0, 0.05) is 29.4 Å². The summed E-state index contributed by atoms with van der Waals surface area (Å²) in [6, 6.07) is 5.90. The Hall–Kier alpha value is -3.14. The number of likely N-dealkylation sites (tertiary alicyclic amines) is 1. The number of carbonyl (C=O) groups is 2. The van der Waals surface area contributed by atoms with Crippen LogP contribution in [0, 0.1) is 11.3 Å². The number of aromatic nitrogens is 4. The molecule has 1 unspecified atom stereocenters. The lowest BCUT2D eigenvalue weighted by molar-refractivity contribution is -0.130. The van der Waals surface area contributed by atoms with E-state index in [1.165, 1.54) is 16.2 Å². The van der Waals surface area contributed by atoms with Crippen LogP contribution in [0.3, 0.4) is 0 Å². The van der Waals surface area contributed by atoms with E-state index >= 15 is 0 Å². The lowest BCUT2D eigenvalue weighted by atomic mass is 9.70. The van der Waals surface area contributed by atoms with Crippen molar-refractivity contribution in [3.63, 3.8) is 0 Å². The maximum atomic E-state index is 12.9. The lowest BCUT2D eigenvalue weighted by Crippen LogP contribution is -2.45. The SMILES string of the molecule is CNC(=O)c1cc2c(s1)CCc1sccc1C2(C[C@H](C)NCC(=O)N1CCC[C@H]1C#N)c1nn[nH]n1. The van der Waals surface area contributed by atoms with Crippen LogP contribution in [0.5, 0.6) is 0 Å². The van der Waals surface area contributed by atoms with Gasteiger partial charge in [0.05, 0.1) is 22.9 Å². The number of fused-ring (bicyclic) bond motifs is 2. The summed E-state index contributed by atoms with van der Waals surface area (Å²) in [7, 11) is 1.64. The van der Waals surface area contributed by atoms with Crippen molar-refractivity contribution in [2.75, 3.05) is 20.1 Å². The summed E-state index contributed by atoms with van der Waals surface area (Å²) in [5.74, 6) is 0.375. The topological polar surface area (TPSA) is 140 Å². The molecule has 10 nitrogen and oxygen atoms in total. The third-order valence-electron chi connectivity index (χ3n) is 7.17. The second kappa shape index (κ2) is 10.1. The first-order chi connectivity index (χ1) is 17.5. The second-order valence-corrected chi connectivity index (χ2v) is 11.4. The number of nitrogens with one attached hydrogen (secondary N) is 3. The molecule has 2 aliphatic rings. The number of aromatic amines is 1. The average Bonchev–Trinajstić information content (AvgIpc) is 3.69. The van der Waals surface area contributed by atoms with Crippen LogP contribution in [0.25, 0.3) is 0 Å². The maximum Gasteiger partial charge on any atom is 0.261 e. The van der Waals surface area contributed by atoms with E-state index < -0.39 is 5.41 Å². The Kier molecular flexibility index (Phi) is 6.87. The van der Waals surface area contributed by atoms with Crippen molar-refractivity contribution in [2.45, 2.75) is 56.5 Å². The number of rotatable bonds is 7. The maximum absolute atomic E-state index is 12.9. The molecule has 3 atom stereocenters. The molecule has 1 aliphatic heterocycles. The standard InChI is InChI=1S/C24H28N8O2S2/c1-14(27-13-21(33)32-8-3-4-15(32)12-25)11-24(23-28-30-31-29-23)16-7-9-35-18(16)5-6-19-17(24)10-20(36-19)22(34)26-2/h7,9-10,14-15,27H,3-6,8,11,13H2,1-2H3,(H,26,34)(H,28,29,30,31)/t14-,15-,24?/m0/s1. The van der Waals surface area contributed by atoms with Crippen molar-refractivity contribution < 1.29 is 9.59 Å². The first-order valence-electron chi connectivity index (χ1n) is 12.1. The Bertz CT molecular complexity index is 1290. The predicted octanol–water partition coefficient (Wildman–Crippen LogP) is 2.00. The minimum atomic E-state index is -0.727. The number of nitrogens with zero attached hydrogens (tertiary/aromatic N) is 5. The summed E-state index contributed by atoms with van der Waals surface area (Å²) in [5, 5.41) is 33.0. The number of amides is 2. The number of H-pyrrole nitrogens is 1.